The van der Waals surface area contributed by atoms with Crippen LogP contribution in [0.2, 0.25) is 0 Å². The number of hydrogen-bond donors (Lipinski definition) is 2. The SMILES string of the molecule is COc1ccc(CC(Cc2ccc(OC)cc2)(Cc2ccc(OC)cc2)Cc2cccc(O)c2-c2ccccc2O)cc1. The second-order valence-corrected chi connectivity index (χ2v) is 11.1. The van der Waals surface area contributed by atoms with Crippen molar-refractivity contribution in [3.8, 4) is 39.9 Å². The fourth-order valence-electron chi connectivity index (χ4n) is 6.04. The normalized spacial score (nSPS) is 11.2. The highest BCUT2D eigenvalue weighted by Gasteiger charge is 2.33. The topological polar surface area (TPSA) is 68.2 Å². The van der Waals surface area contributed by atoms with Crippen LogP contribution in [-0.2, 0) is 25.7 Å². The standard InChI is InChI=1S/C38H38O5/c1-41-31-17-11-27(12-18-31)23-38(24-28-13-19-32(42-2)20-14-28,25-29-15-21-33(43-3)22-16-29)26-30-7-6-10-36(40)37(30)34-8-4-5-9-35(34)39/h4-22,39-40H,23-26H2,1-3H3. The van der Waals surface area contributed by atoms with Gasteiger partial charge in [-0.1, -0.05) is 66.7 Å². The summed E-state index contributed by atoms with van der Waals surface area (Å²) in [6.07, 6.45) is 2.95. The Labute approximate surface area is 254 Å². The molecule has 5 aromatic rings. The Hall–Kier alpha value is -4.90. The number of phenols is 2. The molecule has 5 rings (SSSR count). The maximum absolute atomic E-state index is 11.2. The summed E-state index contributed by atoms with van der Waals surface area (Å²) in [7, 11) is 5.03. The Morgan fingerprint density at radius 1 is 0.465 bits per heavy atom. The van der Waals surface area contributed by atoms with E-state index in [9.17, 15) is 10.2 Å². The zero-order chi connectivity index (χ0) is 30.2. The summed E-state index contributed by atoms with van der Waals surface area (Å²) in [5.41, 5.74) is 5.49. The first-order valence-electron chi connectivity index (χ1n) is 14.4. The maximum atomic E-state index is 11.2. The first kappa shape index (κ1) is 29.6. The van der Waals surface area contributed by atoms with Crippen LogP contribution in [0.4, 0.5) is 0 Å². The molecule has 0 unspecified atom stereocenters. The lowest BCUT2D eigenvalue weighted by Crippen LogP contribution is -2.32. The van der Waals surface area contributed by atoms with Crippen molar-refractivity contribution in [2.45, 2.75) is 25.7 Å². The molecule has 0 aliphatic heterocycles. The van der Waals surface area contributed by atoms with Crippen LogP contribution in [0, 0.1) is 5.41 Å². The lowest BCUT2D eigenvalue weighted by Gasteiger charge is -2.36. The van der Waals surface area contributed by atoms with Gasteiger partial charge in [0, 0.05) is 11.1 Å². The van der Waals surface area contributed by atoms with Crippen LogP contribution in [0.1, 0.15) is 22.3 Å². The minimum atomic E-state index is -0.315. The summed E-state index contributed by atoms with van der Waals surface area (Å²) in [4.78, 5) is 0. The lowest BCUT2D eigenvalue weighted by molar-refractivity contribution is 0.275. The van der Waals surface area contributed by atoms with Crippen molar-refractivity contribution in [2.75, 3.05) is 21.3 Å². The molecule has 0 radical (unpaired) electrons. The highest BCUT2D eigenvalue weighted by molar-refractivity contribution is 5.78. The molecule has 0 aliphatic carbocycles. The van der Waals surface area contributed by atoms with Gasteiger partial charge in [-0.15, -0.1) is 0 Å². The van der Waals surface area contributed by atoms with E-state index in [0.717, 1.165) is 42.1 Å². The van der Waals surface area contributed by atoms with Gasteiger partial charge in [0.2, 0.25) is 0 Å². The fraction of sp³-hybridized carbons (Fsp3) is 0.211. The largest absolute Gasteiger partial charge is 0.507 e. The van der Waals surface area contributed by atoms with Gasteiger partial charge in [0.25, 0.3) is 0 Å². The monoisotopic (exact) mass is 574 g/mol. The van der Waals surface area contributed by atoms with Crippen LogP contribution in [-0.4, -0.2) is 31.5 Å². The van der Waals surface area contributed by atoms with Gasteiger partial charge in [-0.05, 0) is 102 Å². The average Bonchev–Trinajstić information content (AvgIpc) is 3.03. The van der Waals surface area contributed by atoms with Gasteiger partial charge in [0.15, 0.2) is 0 Å². The zero-order valence-corrected chi connectivity index (χ0v) is 24.9. The molecule has 0 atom stereocenters. The Morgan fingerprint density at radius 3 is 1.30 bits per heavy atom. The molecule has 0 saturated heterocycles. The summed E-state index contributed by atoms with van der Waals surface area (Å²) in [6.45, 7) is 0. The molecule has 0 saturated carbocycles. The second-order valence-electron chi connectivity index (χ2n) is 11.1. The quantitative estimate of drug-likeness (QED) is 0.158. The van der Waals surface area contributed by atoms with Gasteiger partial charge in [-0.25, -0.2) is 0 Å². The van der Waals surface area contributed by atoms with Crippen molar-refractivity contribution in [2.24, 2.45) is 5.41 Å². The molecule has 0 amide bonds. The van der Waals surface area contributed by atoms with E-state index in [0.29, 0.717) is 17.5 Å². The first-order valence-corrected chi connectivity index (χ1v) is 14.4. The predicted molar refractivity (Wildman–Crippen MR) is 171 cm³/mol. The van der Waals surface area contributed by atoms with Crippen molar-refractivity contribution in [3.63, 3.8) is 0 Å². The third-order valence-corrected chi connectivity index (χ3v) is 8.08. The van der Waals surface area contributed by atoms with Gasteiger partial charge in [-0.3, -0.25) is 0 Å². The zero-order valence-electron chi connectivity index (χ0n) is 24.9. The highest BCUT2D eigenvalue weighted by Crippen LogP contribution is 2.43. The molecule has 0 spiro atoms. The number of aromatic hydroxyl groups is 2. The number of phenolic OH excluding ortho intramolecular Hbond substituents is 2. The van der Waals surface area contributed by atoms with Crippen LogP contribution >= 0.6 is 0 Å². The van der Waals surface area contributed by atoms with Crippen molar-refractivity contribution >= 4 is 0 Å². The Kier molecular flexibility index (Phi) is 9.21. The summed E-state index contributed by atoms with van der Waals surface area (Å²) in [5, 5.41) is 22.0. The molecule has 0 bridgehead atoms. The average molecular weight is 575 g/mol. The second kappa shape index (κ2) is 13.4. The van der Waals surface area contributed by atoms with Gasteiger partial charge in [0.05, 0.1) is 21.3 Å². The predicted octanol–water partition coefficient (Wildman–Crippen LogP) is 8.05. The molecule has 5 heteroatoms. The molecule has 5 nitrogen and oxygen atoms in total. The number of hydrogen-bond acceptors (Lipinski definition) is 5. The molecule has 0 aliphatic rings. The van der Waals surface area contributed by atoms with Gasteiger partial charge >= 0.3 is 0 Å². The molecular weight excluding hydrogens is 536 g/mol. The summed E-state index contributed by atoms with van der Waals surface area (Å²) >= 11 is 0. The van der Waals surface area contributed by atoms with E-state index in [-0.39, 0.29) is 16.9 Å². The number of para-hydroxylation sites is 1. The van der Waals surface area contributed by atoms with Crippen molar-refractivity contribution in [1.29, 1.82) is 0 Å². The maximum Gasteiger partial charge on any atom is 0.123 e. The van der Waals surface area contributed by atoms with Crippen LogP contribution in [0.15, 0.2) is 115 Å². The van der Waals surface area contributed by atoms with Crippen LogP contribution in [0.25, 0.3) is 11.1 Å². The van der Waals surface area contributed by atoms with Gasteiger partial charge < -0.3 is 24.4 Å². The minimum Gasteiger partial charge on any atom is -0.507 e. The summed E-state index contributed by atoms with van der Waals surface area (Å²) < 4.78 is 16.3. The van der Waals surface area contributed by atoms with Crippen molar-refractivity contribution < 1.29 is 24.4 Å². The van der Waals surface area contributed by atoms with Crippen LogP contribution in [0.3, 0.4) is 0 Å². The van der Waals surface area contributed by atoms with E-state index in [1.807, 2.05) is 54.6 Å². The van der Waals surface area contributed by atoms with Gasteiger partial charge in [0.1, 0.15) is 28.7 Å². The molecule has 2 N–H and O–H groups in total. The summed E-state index contributed by atoms with van der Waals surface area (Å²) in [5.74, 6) is 2.72. The molecule has 220 valence electrons. The Balaban J connectivity index is 1.66. The van der Waals surface area contributed by atoms with Gasteiger partial charge in [-0.2, -0.15) is 0 Å². The fourth-order valence-corrected chi connectivity index (χ4v) is 6.04. The van der Waals surface area contributed by atoms with E-state index < -0.39 is 0 Å². The minimum absolute atomic E-state index is 0.135. The first-order chi connectivity index (χ1) is 20.9. The molecule has 0 aromatic heterocycles. The third kappa shape index (κ3) is 7.12. The lowest BCUT2D eigenvalue weighted by atomic mass is 9.68. The number of rotatable bonds is 12. The molecule has 5 aromatic carbocycles. The van der Waals surface area contributed by atoms with Crippen molar-refractivity contribution in [1.82, 2.24) is 0 Å². The Morgan fingerprint density at radius 2 is 0.884 bits per heavy atom. The number of benzene rings is 5. The molecule has 43 heavy (non-hydrogen) atoms. The smallest absolute Gasteiger partial charge is 0.123 e. The molecular formula is C38H38O5. The summed E-state index contributed by atoms with van der Waals surface area (Å²) in [6, 6.07) is 37.6. The van der Waals surface area contributed by atoms with Crippen LogP contribution in [0.5, 0.6) is 28.7 Å². The van der Waals surface area contributed by atoms with E-state index >= 15 is 0 Å². The molecule has 0 fully saturated rings. The highest BCUT2D eigenvalue weighted by atomic mass is 16.5. The Bertz CT molecular complexity index is 1500. The van der Waals surface area contributed by atoms with E-state index in [1.54, 1.807) is 39.5 Å². The van der Waals surface area contributed by atoms with E-state index in [1.165, 1.54) is 16.7 Å². The van der Waals surface area contributed by atoms with E-state index in [2.05, 4.69) is 42.5 Å². The third-order valence-electron chi connectivity index (χ3n) is 8.08. The number of ether oxygens (including phenoxy) is 3. The molecule has 0 heterocycles. The van der Waals surface area contributed by atoms with E-state index in [4.69, 9.17) is 14.2 Å². The van der Waals surface area contributed by atoms with Crippen molar-refractivity contribution in [3.05, 3.63) is 138 Å². The number of methoxy groups -OCH3 is 3. The van der Waals surface area contributed by atoms with Crippen LogP contribution < -0.4 is 14.2 Å².